The molecule has 0 amide bonds. The Labute approximate surface area is 176 Å². The Morgan fingerprint density at radius 1 is 0.800 bits per heavy atom. The lowest BCUT2D eigenvalue weighted by Crippen LogP contribution is -2.20. The molecular formula is C26H24O4. The number of hydrogen-bond donors (Lipinski definition) is 0. The smallest absolute Gasteiger partial charge is 0.344 e. The molecular weight excluding hydrogens is 376 g/mol. The number of ether oxygens (including phenoxy) is 2. The van der Waals surface area contributed by atoms with E-state index in [9.17, 15) is 9.59 Å². The van der Waals surface area contributed by atoms with Crippen LogP contribution >= 0.6 is 0 Å². The molecule has 30 heavy (non-hydrogen) atoms. The van der Waals surface area contributed by atoms with E-state index in [2.05, 4.69) is 12.1 Å². The van der Waals surface area contributed by atoms with Crippen LogP contribution in [0.1, 0.15) is 39.0 Å². The van der Waals surface area contributed by atoms with Gasteiger partial charge in [0.25, 0.3) is 0 Å². The van der Waals surface area contributed by atoms with E-state index >= 15 is 0 Å². The number of carbonyl (C=O) groups is 2. The summed E-state index contributed by atoms with van der Waals surface area (Å²) in [5.74, 6) is -0.107. The number of hydrogen-bond acceptors (Lipinski definition) is 4. The zero-order valence-corrected chi connectivity index (χ0v) is 16.8. The van der Waals surface area contributed by atoms with Crippen LogP contribution in [0, 0.1) is 0 Å². The van der Waals surface area contributed by atoms with E-state index in [1.54, 1.807) is 0 Å². The first-order valence-electron chi connectivity index (χ1n) is 10.2. The van der Waals surface area contributed by atoms with Crippen molar-refractivity contribution in [3.05, 3.63) is 101 Å². The van der Waals surface area contributed by atoms with Gasteiger partial charge in [0, 0.05) is 12.0 Å². The third kappa shape index (κ3) is 4.95. The van der Waals surface area contributed by atoms with Crippen molar-refractivity contribution in [2.45, 2.75) is 25.7 Å². The van der Waals surface area contributed by atoms with Crippen LogP contribution in [0.4, 0.5) is 0 Å². The zero-order valence-electron chi connectivity index (χ0n) is 16.8. The van der Waals surface area contributed by atoms with Gasteiger partial charge in [-0.05, 0) is 53.6 Å². The second kappa shape index (κ2) is 9.40. The number of benzene rings is 3. The standard InChI is InChI=1S/C26H24O4/c27-24(22-14-13-20-10-6-11-21(20)16-22)17-30-26(28)18-29-25-12-5-4-9-23(25)15-19-7-2-1-3-8-19/h1-5,7-9,12-14,16H,6,10-11,15,17-18H2. The first kappa shape index (κ1) is 19.9. The van der Waals surface area contributed by atoms with E-state index in [1.807, 2.05) is 60.7 Å². The molecule has 4 heteroatoms. The fourth-order valence-electron chi connectivity index (χ4n) is 3.76. The van der Waals surface area contributed by atoms with E-state index in [1.165, 1.54) is 11.1 Å². The van der Waals surface area contributed by atoms with Crippen LogP contribution in [0.15, 0.2) is 72.8 Å². The monoisotopic (exact) mass is 400 g/mol. The van der Waals surface area contributed by atoms with Crippen molar-refractivity contribution in [2.75, 3.05) is 13.2 Å². The molecule has 0 fully saturated rings. The molecule has 4 nitrogen and oxygen atoms in total. The maximum absolute atomic E-state index is 12.4. The summed E-state index contributed by atoms with van der Waals surface area (Å²) < 4.78 is 10.8. The normalized spacial score (nSPS) is 12.3. The topological polar surface area (TPSA) is 52.6 Å². The molecule has 0 aliphatic heterocycles. The molecule has 1 aliphatic rings. The molecule has 0 N–H and O–H groups in total. The van der Waals surface area contributed by atoms with Gasteiger partial charge in [-0.1, -0.05) is 60.7 Å². The molecule has 0 radical (unpaired) electrons. The molecule has 0 bridgehead atoms. The highest BCUT2D eigenvalue weighted by Crippen LogP contribution is 2.23. The van der Waals surface area contributed by atoms with Gasteiger partial charge in [-0.2, -0.15) is 0 Å². The number of carbonyl (C=O) groups excluding carboxylic acids is 2. The van der Waals surface area contributed by atoms with Crippen LogP contribution in [-0.2, 0) is 28.8 Å². The van der Waals surface area contributed by atoms with Crippen molar-refractivity contribution in [3.8, 4) is 5.75 Å². The molecule has 152 valence electrons. The summed E-state index contributed by atoms with van der Waals surface area (Å²) in [6, 6.07) is 23.4. The van der Waals surface area contributed by atoms with Gasteiger partial charge < -0.3 is 9.47 Å². The average Bonchev–Trinajstić information content (AvgIpc) is 3.25. The number of fused-ring (bicyclic) bond motifs is 1. The second-order valence-electron chi connectivity index (χ2n) is 7.48. The van der Waals surface area contributed by atoms with Crippen LogP contribution in [-0.4, -0.2) is 25.0 Å². The van der Waals surface area contributed by atoms with Gasteiger partial charge >= 0.3 is 5.97 Å². The highest BCUT2D eigenvalue weighted by molar-refractivity contribution is 5.98. The van der Waals surface area contributed by atoms with Gasteiger partial charge in [-0.15, -0.1) is 0 Å². The number of rotatable bonds is 8. The first-order chi connectivity index (χ1) is 14.7. The van der Waals surface area contributed by atoms with Gasteiger partial charge in [0.1, 0.15) is 5.75 Å². The van der Waals surface area contributed by atoms with Gasteiger partial charge in [0.05, 0.1) is 0 Å². The van der Waals surface area contributed by atoms with Crippen molar-refractivity contribution in [2.24, 2.45) is 0 Å². The summed E-state index contributed by atoms with van der Waals surface area (Å²) in [5.41, 5.74) is 5.29. The third-order valence-electron chi connectivity index (χ3n) is 5.34. The van der Waals surface area contributed by atoms with Crippen LogP contribution < -0.4 is 4.74 Å². The summed E-state index contributed by atoms with van der Waals surface area (Å²) in [7, 11) is 0. The van der Waals surface area contributed by atoms with Crippen molar-refractivity contribution in [1.29, 1.82) is 0 Å². The van der Waals surface area contributed by atoms with Gasteiger partial charge in [-0.3, -0.25) is 4.79 Å². The molecule has 1 aliphatic carbocycles. The molecule has 0 unspecified atom stereocenters. The fraction of sp³-hybridized carbons (Fsp3) is 0.231. The first-order valence-corrected chi connectivity index (χ1v) is 10.2. The van der Waals surface area contributed by atoms with E-state index in [4.69, 9.17) is 9.47 Å². The van der Waals surface area contributed by atoms with Crippen molar-refractivity contribution in [3.63, 3.8) is 0 Å². The maximum atomic E-state index is 12.4. The van der Waals surface area contributed by atoms with Crippen LogP contribution in [0.2, 0.25) is 0 Å². The molecule has 3 aromatic carbocycles. The SMILES string of the molecule is O=C(COc1ccccc1Cc1ccccc1)OCC(=O)c1ccc2c(c1)CCC2. The van der Waals surface area contributed by atoms with Crippen molar-refractivity contribution >= 4 is 11.8 Å². The number of aryl methyl sites for hydroxylation is 2. The number of para-hydroxylation sites is 1. The van der Waals surface area contributed by atoms with Gasteiger partial charge in [0.2, 0.25) is 0 Å². The number of ketones is 1. The Morgan fingerprint density at radius 3 is 2.43 bits per heavy atom. The lowest BCUT2D eigenvalue weighted by molar-refractivity contribution is -0.144. The molecule has 0 saturated heterocycles. The highest BCUT2D eigenvalue weighted by atomic mass is 16.6. The minimum Gasteiger partial charge on any atom is -0.482 e. The molecule has 0 heterocycles. The second-order valence-corrected chi connectivity index (χ2v) is 7.48. The number of esters is 1. The summed E-state index contributed by atoms with van der Waals surface area (Å²) >= 11 is 0. The summed E-state index contributed by atoms with van der Waals surface area (Å²) in [5, 5.41) is 0. The predicted molar refractivity (Wildman–Crippen MR) is 115 cm³/mol. The summed E-state index contributed by atoms with van der Waals surface area (Å²) in [6.07, 6.45) is 3.92. The predicted octanol–water partition coefficient (Wildman–Crippen LogP) is 4.57. The lowest BCUT2D eigenvalue weighted by atomic mass is 10.0. The highest BCUT2D eigenvalue weighted by Gasteiger charge is 2.16. The van der Waals surface area contributed by atoms with E-state index in [-0.39, 0.29) is 19.0 Å². The summed E-state index contributed by atoms with van der Waals surface area (Å²) in [4.78, 5) is 24.5. The van der Waals surface area contributed by atoms with Crippen molar-refractivity contribution < 1.29 is 19.1 Å². The zero-order chi connectivity index (χ0) is 20.8. The third-order valence-corrected chi connectivity index (χ3v) is 5.34. The Morgan fingerprint density at radius 2 is 1.57 bits per heavy atom. The molecule has 0 saturated carbocycles. The molecule has 3 aromatic rings. The van der Waals surface area contributed by atoms with E-state index < -0.39 is 5.97 Å². The van der Waals surface area contributed by atoms with Crippen LogP contribution in [0.3, 0.4) is 0 Å². The minimum absolute atomic E-state index is 0.192. The van der Waals surface area contributed by atoms with E-state index in [0.29, 0.717) is 17.7 Å². The van der Waals surface area contributed by atoms with E-state index in [0.717, 1.165) is 30.4 Å². The molecule has 0 spiro atoms. The Bertz CT molecular complexity index is 1040. The Kier molecular flexibility index (Phi) is 6.23. The largest absolute Gasteiger partial charge is 0.482 e. The Hall–Kier alpha value is -3.40. The van der Waals surface area contributed by atoms with Crippen LogP contribution in [0.5, 0.6) is 5.75 Å². The quantitative estimate of drug-likeness (QED) is 0.411. The molecule has 0 atom stereocenters. The van der Waals surface area contributed by atoms with Crippen LogP contribution in [0.25, 0.3) is 0 Å². The lowest BCUT2D eigenvalue weighted by Gasteiger charge is -2.11. The summed E-state index contributed by atoms with van der Waals surface area (Å²) in [6.45, 7) is -0.504. The van der Waals surface area contributed by atoms with Gasteiger partial charge in [0.15, 0.2) is 19.0 Å². The molecule has 0 aromatic heterocycles. The Balaban J connectivity index is 1.29. The maximum Gasteiger partial charge on any atom is 0.344 e. The number of Topliss-reactive ketones (excluding diaryl/α,β-unsaturated/α-hetero) is 1. The fourth-order valence-corrected chi connectivity index (χ4v) is 3.76. The minimum atomic E-state index is -0.556. The molecule has 4 rings (SSSR count). The average molecular weight is 400 g/mol. The van der Waals surface area contributed by atoms with Gasteiger partial charge in [-0.25, -0.2) is 4.79 Å². The van der Waals surface area contributed by atoms with Crippen molar-refractivity contribution in [1.82, 2.24) is 0 Å².